The van der Waals surface area contributed by atoms with Crippen LogP contribution in [0.2, 0.25) is 0 Å². The normalized spacial score (nSPS) is 17.3. The third-order valence-electron chi connectivity index (χ3n) is 5.27. The number of piperidine rings is 1. The number of nitrogens with zero attached hydrogens (tertiary/aromatic N) is 2. The second-order valence-electron chi connectivity index (χ2n) is 7.74. The number of aryl methyl sites for hydroxylation is 1. The maximum Gasteiger partial charge on any atom is 0.293 e. The molecule has 3 N–H and O–H groups in total. The van der Waals surface area contributed by atoms with Crippen molar-refractivity contribution in [3.8, 4) is 0 Å². The summed E-state index contributed by atoms with van der Waals surface area (Å²) < 4.78 is 0. The Kier molecular flexibility index (Phi) is 6.58. The average Bonchev–Trinajstić information content (AvgIpc) is 2.57. The van der Waals surface area contributed by atoms with Crippen LogP contribution in [0.3, 0.4) is 0 Å². The molecule has 1 aromatic rings. The molecule has 1 unspecified atom stereocenters. The molecule has 1 amide bonds. The summed E-state index contributed by atoms with van der Waals surface area (Å²) in [5.74, 6) is 0.791. The third-order valence-corrected chi connectivity index (χ3v) is 5.27. The molecule has 1 atom stereocenters. The van der Waals surface area contributed by atoms with E-state index in [4.69, 9.17) is 5.73 Å². The van der Waals surface area contributed by atoms with Crippen LogP contribution in [-0.2, 0) is 0 Å². The third kappa shape index (κ3) is 4.72. The van der Waals surface area contributed by atoms with Crippen molar-refractivity contribution in [1.29, 1.82) is 0 Å². The van der Waals surface area contributed by atoms with Crippen LogP contribution < -0.4 is 11.1 Å². The molecular weight excluding hydrogens is 332 g/mol. The number of rotatable bonds is 6. The smallest absolute Gasteiger partial charge is 0.293 e. The zero-order chi connectivity index (χ0) is 19.4. The van der Waals surface area contributed by atoms with E-state index in [2.05, 4.69) is 31.0 Å². The van der Waals surface area contributed by atoms with Gasteiger partial charge in [0.05, 0.1) is 10.5 Å². The SMILES string of the molecule is Cc1cc(C(=O)NCC(C(C)C)N2CCC(C)CC2)c(N)c([N+](=O)[O-])c1. The molecule has 0 aliphatic carbocycles. The predicted octanol–water partition coefficient (Wildman–Crippen LogP) is 2.97. The van der Waals surface area contributed by atoms with Gasteiger partial charge in [-0.05, 0) is 56.3 Å². The van der Waals surface area contributed by atoms with Gasteiger partial charge in [-0.3, -0.25) is 19.8 Å². The van der Waals surface area contributed by atoms with Crippen LogP contribution in [0.1, 0.15) is 49.5 Å². The Hall–Kier alpha value is -2.15. The lowest BCUT2D eigenvalue weighted by atomic mass is 9.94. The van der Waals surface area contributed by atoms with Crippen molar-refractivity contribution >= 4 is 17.3 Å². The first-order valence-corrected chi connectivity index (χ1v) is 9.27. The second kappa shape index (κ2) is 8.49. The molecule has 26 heavy (non-hydrogen) atoms. The van der Waals surface area contributed by atoms with Crippen LogP contribution in [0.4, 0.5) is 11.4 Å². The van der Waals surface area contributed by atoms with Gasteiger partial charge in [0.25, 0.3) is 11.6 Å². The Morgan fingerprint density at radius 1 is 1.38 bits per heavy atom. The maximum atomic E-state index is 12.6. The van der Waals surface area contributed by atoms with Crippen molar-refractivity contribution in [2.24, 2.45) is 11.8 Å². The summed E-state index contributed by atoms with van der Waals surface area (Å²) in [6, 6.07) is 3.23. The van der Waals surface area contributed by atoms with Gasteiger partial charge >= 0.3 is 0 Å². The number of carbonyl (C=O) groups excluding carboxylic acids is 1. The van der Waals surface area contributed by atoms with Crippen molar-refractivity contribution in [2.45, 2.75) is 46.6 Å². The van der Waals surface area contributed by atoms with E-state index in [0.717, 1.165) is 19.0 Å². The first-order valence-electron chi connectivity index (χ1n) is 9.27. The molecule has 2 rings (SSSR count). The molecule has 7 nitrogen and oxygen atoms in total. The number of likely N-dealkylation sites (tertiary alicyclic amines) is 1. The van der Waals surface area contributed by atoms with Crippen LogP contribution in [0.15, 0.2) is 12.1 Å². The average molecular weight is 362 g/mol. The number of anilines is 1. The van der Waals surface area contributed by atoms with E-state index < -0.39 is 4.92 Å². The first-order chi connectivity index (χ1) is 12.2. The van der Waals surface area contributed by atoms with Gasteiger partial charge < -0.3 is 11.1 Å². The molecule has 1 aromatic carbocycles. The van der Waals surface area contributed by atoms with Crippen LogP contribution in [0.5, 0.6) is 0 Å². The molecule has 7 heteroatoms. The van der Waals surface area contributed by atoms with Crippen LogP contribution >= 0.6 is 0 Å². The molecule has 1 saturated heterocycles. The number of amides is 1. The summed E-state index contributed by atoms with van der Waals surface area (Å²) in [4.78, 5) is 25.6. The van der Waals surface area contributed by atoms with Gasteiger partial charge in [-0.2, -0.15) is 0 Å². The van der Waals surface area contributed by atoms with Crippen molar-refractivity contribution < 1.29 is 9.72 Å². The number of nitrogens with one attached hydrogen (secondary N) is 1. The lowest BCUT2D eigenvalue weighted by Gasteiger charge is -2.38. The van der Waals surface area contributed by atoms with Gasteiger partial charge in [0.15, 0.2) is 0 Å². The zero-order valence-electron chi connectivity index (χ0n) is 16.1. The summed E-state index contributed by atoms with van der Waals surface area (Å²) in [5.41, 5.74) is 6.38. The summed E-state index contributed by atoms with van der Waals surface area (Å²) >= 11 is 0. The topological polar surface area (TPSA) is 102 Å². The Balaban J connectivity index is 2.10. The van der Waals surface area contributed by atoms with Gasteiger partial charge in [0.2, 0.25) is 0 Å². The molecule has 1 fully saturated rings. The second-order valence-corrected chi connectivity index (χ2v) is 7.74. The number of hydrogen-bond donors (Lipinski definition) is 2. The lowest BCUT2D eigenvalue weighted by Crippen LogP contribution is -2.49. The molecule has 0 spiro atoms. The fourth-order valence-corrected chi connectivity index (χ4v) is 3.56. The van der Waals surface area contributed by atoms with Crippen LogP contribution in [0, 0.1) is 28.9 Å². The Labute approximate surface area is 155 Å². The molecule has 0 bridgehead atoms. The number of nitro groups is 1. The maximum absolute atomic E-state index is 12.6. The van der Waals surface area contributed by atoms with Gasteiger partial charge in [0.1, 0.15) is 5.69 Å². The van der Waals surface area contributed by atoms with E-state index in [9.17, 15) is 14.9 Å². The van der Waals surface area contributed by atoms with E-state index >= 15 is 0 Å². The Morgan fingerprint density at radius 3 is 2.54 bits per heavy atom. The molecule has 144 valence electrons. The van der Waals surface area contributed by atoms with Crippen molar-refractivity contribution in [1.82, 2.24) is 10.2 Å². The van der Waals surface area contributed by atoms with Gasteiger partial charge in [-0.1, -0.05) is 20.8 Å². The van der Waals surface area contributed by atoms with Gasteiger partial charge in [-0.15, -0.1) is 0 Å². The largest absolute Gasteiger partial charge is 0.393 e. The van der Waals surface area contributed by atoms with Gasteiger partial charge in [0, 0.05) is 18.7 Å². The molecule has 0 aromatic heterocycles. The van der Waals surface area contributed by atoms with Crippen molar-refractivity contribution in [3.05, 3.63) is 33.4 Å². The minimum atomic E-state index is -0.551. The van der Waals surface area contributed by atoms with Crippen LogP contribution in [-0.4, -0.2) is 41.4 Å². The fourth-order valence-electron chi connectivity index (χ4n) is 3.56. The first kappa shape index (κ1) is 20.2. The summed E-state index contributed by atoms with van der Waals surface area (Å²) in [6.07, 6.45) is 2.35. The molecule has 0 radical (unpaired) electrons. The number of nitrogens with two attached hydrogens (primary N) is 1. The van der Waals surface area contributed by atoms with Gasteiger partial charge in [-0.25, -0.2) is 0 Å². The molecule has 1 heterocycles. The minimum Gasteiger partial charge on any atom is -0.393 e. The number of nitro benzene ring substituents is 1. The fraction of sp³-hybridized carbons (Fsp3) is 0.632. The minimum absolute atomic E-state index is 0.0778. The molecule has 1 aliphatic heterocycles. The number of nitrogen functional groups attached to an aromatic ring is 1. The number of hydrogen-bond acceptors (Lipinski definition) is 5. The lowest BCUT2D eigenvalue weighted by molar-refractivity contribution is -0.384. The van der Waals surface area contributed by atoms with E-state index in [-0.39, 0.29) is 28.9 Å². The molecular formula is C19H30N4O3. The summed E-state index contributed by atoms with van der Waals surface area (Å²) in [6.45, 7) is 10.9. The highest BCUT2D eigenvalue weighted by molar-refractivity contribution is 6.01. The standard InChI is InChI=1S/C19H30N4O3/c1-12(2)17(22-7-5-13(3)6-8-22)11-21-19(24)15-9-14(4)10-16(18(15)20)23(25)26/h9-10,12-13,17H,5-8,11,20H2,1-4H3,(H,21,24). The Morgan fingerprint density at radius 2 is 2.00 bits per heavy atom. The highest BCUT2D eigenvalue weighted by Crippen LogP contribution is 2.27. The molecule has 0 saturated carbocycles. The highest BCUT2D eigenvalue weighted by atomic mass is 16.6. The Bertz CT molecular complexity index is 667. The quantitative estimate of drug-likeness (QED) is 0.460. The zero-order valence-corrected chi connectivity index (χ0v) is 16.1. The highest BCUT2D eigenvalue weighted by Gasteiger charge is 2.27. The van der Waals surface area contributed by atoms with Crippen LogP contribution in [0.25, 0.3) is 0 Å². The number of carbonyl (C=O) groups is 1. The number of benzene rings is 1. The van der Waals surface area contributed by atoms with E-state index in [1.54, 1.807) is 13.0 Å². The van der Waals surface area contributed by atoms with Crippen molar-refractivity contribution in [3.63, 3.8) is 0 Å². The van der Waals surface area contributed by atoms with E-state index in [0.29, 0.717) is 18.0 Å². The van der Waals surface area contributed by atoms with Crippen molar-refractivity contribution in [2.75, 3.05) is 25.4 Å². The van der Waals surface area contributed by atoms with E-state index in [1.807, 2.05) is 0 Å². The predicted molar refractivity (Wildman–Crippen MR) is 103 cm³/mol. The summed E-state index contributed by atoms with van der Waals surface area (Å²) in [5, 5.41) is 14.1. The van der Waals surface area contributed by atoms with E-state index in [1.165, 1.54) is 18.9 Å². The summed E-state index contributed by atoms with van der Waals surface area (Å²) in [7, 11) is 0. The molecule has 1 aliphatic rings. The monoisotopic (exact) mass is 362 g/mol.